The van der Waals surface area contributed by atoms with Crippen molar-refractivity contribution in [3.63, 3.8) is 0 Å². The number of methoxy groups -OCH3 is 1. The normalized spacial score (nSPS) is 10.9. The van der Waals surface area contributed by atoms with Crippen molar-refractivity contribution < 1.29 is 4.74 Å². The fraction of sp³-hybridized carbons (Fsp3) is 0.294. The highest BCUT2D eigenvalue weighted by atomic mass is 16.5. The standard InChI is InChI=1S/C17H21NO/c1-18(2)12-15-5-4-6-17(11-15)16-9-7-14(8-10-16)13-19-3/h4-11H,12-13H2,1-3H3. The van der Waals surface area contributed by atoms with Gasteiger partial charge in [-0.3, -0.25) is 0 Å². The zero-order valence-corrected chi connectivity index (χ0v) is 11.9. The average Bonchev–Trinajstić information content (AvgIpc) is 2.39. The third kappa shape index (κ3) is 3.91. The van der Waals surface area contributed by atoms with E-state index in [9.17, 15) is 0 Å². The molecule has 0 bridgehead atoms. The molecule has 0 aromatic heterocycles. The van der Waals surface area contributed by atoms with Gasteiger partial charge >= 0.3 is 0 Å². The number of benzene rings is 2. The quantitative estimate of drug-likeness (QED) is 0.810. The van der Waals surface area contributed by atoms with Crippen molar-refractivity contribution in [1.29, 1.82) is 0 Å². The maximum Gasteiger partial charge on any atom is 0.0713 e. The van der Waals surface area contributed by atoms with Crippen LogP contribution in [0, 0.1) is 0 Å². The molecule has 0 aliphatic rings. The third-order valence-electron chi connectivity index (χ3n) is 3.02. The van der Waals surface area contributed by atoms with Crippen molar-refractivity contribution in [1.82, 2.24) is 4.90 Å². The molecule has 0 aliphatic heterocycles. The number of nitrogens with zero attached hydrogens (tertiary/aromatic N) is 1. The van der Waals surface area contributed by atoms with Gasteiger partial charge in [0.25, 0.3) is 0 Å². The molecule has 2 heteroatoms. The Bertz CT molecular complexity index is 517. The molecule has 0 aliphatic carbocycles. The second kappa shape index (κ2) is 6.50. The molecule has 0 spiro atoms. The highest BCUT2D eigenvalue weighted by Gasteiger charge is 2.01. The molecule has 0 heterocycles. The van der Waals surface area contributed by atoms with Crippen molar-refractivity contribution in [2.24, 2.45) is 0 Å². The number of hydrogen-bond donors (Lipinski definition) is 0. The Balaban J connectivity index is 2.21. The largest absolute Gasteiger partial charge is 0.380 e. The van der Waals surface area contributed by atoms with Gasteiger partial charge in [-0.15, -0.1) is 0 Å². The minimum Gasteiger partial charge on any atom is -0.380 e. The van der Waals surface area contributed by atoms with Crippen molar-refractivity contribution in [2.75, 3.05) is 21.2 Å². The predicted octanol–water partition coefficient (Wildman–Crippen LogP) is 3.56. The molecule has 100 valence electrons. The van der Waals surface area contributed by atoms with Crippen LogP contribution in [0.15, 0.2) is 48.5 Å². The summed E-state index contributed by atoms with van der Waals surface area (Å²) in [4.78, 5) is 2.18. The summed E-state index contributed by atoms with van der Waals surface area (Å²) >= 11 is 0. The molecule has 0 N–H and O–H groups in total. The smallest absolute Gasteiger partial charge is 0.0713 e. The fourth-order valence-electron chi connectivity index (χ4n) is 2.17. The molecule has 0 saturated carbocycles. The summed E-state index contributed by atoms with van der Waals surface area (Å²) in [5.41, 5.74) is 5.06. The molecule has 2 aromatic rings. The zero-order valence-electron chi connectivity index (χ0n) is 11.9. The Morgan fingerprint density at radius 2 is 1.63 bits per heavy atom. The van der Waals surface area contributed by atoms with Crippen LogP contribution < -0.4 is 0 Å². The first-order valence-corrected chi connectivity index (χ1v) is 6.51. The van der Waals surface area contributed by atoms with Gasteiger partial charge in [0.1, 0.15) is 0 Å². The molecule has 0 saturated heterocycles. The van der Waals surface area contributed by atoms with Crippen LogP contribution in [0.2, 0.25) is 0 Å². The van der Waals surface area contributed by atoms with E-state index in [4.69, 9.17) is 4.74 Å². The highest BCUT2D eigenvalue weighted by molar-refractivity contribution is 5.64. The van der Waals surface area contributed by atoms with Crippen LogP contribution in [0.1, 0.15) is 11.1 Å². The lowest BCUT2D eigenvalue weighted by molar-refractivity contribution is 0.185. The van der Waals surface area contributed by atoms with E-state index >= 15 is 0 Å². The van der Waals surface area contributed by atoms with Gasteiger partial charge in [0.15, 0.2) is 0 Å². The van der Waals surface area contributed by atoms with Crippen molar-refractivity contribution >= 4 is 0 Å². The van der Waals surface area contributed by atoms with Gasteiger partial charge in [-0.2, -0.15) is 0 Å². The van der Waals surface area contributed by atoms with Gasteiger partial charge in [0.2, 0.25) is 0 Å². The molecule has 2 rings (SSSR count). The number of hydrogen-bond acceptors (Lipinski definition) is 2. The Labute approximate surface area is 115 Å². The average molecular weight is 255 g/mol. The van der Waals surface area contributed by atoms with Crippen LogP contribution in [0.5, 0.6) is 0 Å². The lowest BCUT2D eigenvalue weighted by Gasteiger charge is -2.11. The topological polar surface area (TPSA) is 12.5 Å². The third-order valence-corrected chi connectivity index (χ3v) is 3.02. The number of ether oxygens (including phenoxy) is 1. The minimum absolute atomic E-state index is 0.668. The van der Waals surface area contributed by atoms with E-state index in [2.05, 4.69) is 67.5 Å². The van der Waals surface area contributed by atoms with Gasteiger partial charge in [-0.05, 0) is 42.4 Å². The van der Waals surface area contributed by atoms with Crippen molar-refractivity contribution in [2.45, 2.75) is 13.2 Å². The summed E-state index contributed by atoms with van der Waals surface area (Å²) in [5, 5.41) is 0. The van der Waals surface area contributed by atoms with E-state index in [0.717, 1.165) is 6.54 Å². The van der Waals surface area contributed by atoms with Crippen LogP contribution in [0.25, 0.3) is 11.1 Å². The van der Waals surface area contributed by atoms with Gasteiger partial charge in [-0.25, -0.2) is 0 Å². The van der Waals surface area contributed by atoms with Gasteiger partial charge in [-0.1, -0.05) is 42.5 Å². The second-order valence-electron chi connectivity index (χ2n) is 5.07. The minimum atomic E-state index is 0.668. The molecular formula is C17H21NO. The lowest BCUT2D eigenvalue weighted by Crippen LogP contribution is -2.10. The van der Waals surface area contributed by atoms with Crippen LogP contribution in [0.4, 0.5) is 0 Å². The zero-order chi connectivity index (χ0) is 13.7. The van der Waals surface area contributed by atoms with Crippen molar-refractivity contribution in [3.8, 4) is 11.1 Å². The summed E-state index contributed by atoms with van der Waals surface area (Å²) in [7, 11) is 5.90. The number of rotatable bonds is 5. The molecule has 0 amide bonds. The summed E-state index contributed by atoms with van der Waals surface area (Å²) in [5.74, 6) is 0. The highest BCUT2D eigenvalue weighted by Crippen LogP contribution is 2.21. The second-order valence-corrected chi connectivity index (χ2v) is 5.07. The van der Waals surface area contributed by atoms with Gasteiger partial charge < -0.3 is 9.64 Å². The molecule has 0 unspecified atom stereocenters. The fourth-order valence-corrected chi connectivity index (χ4v) is 2.17. The Morgan fingerprint density at radius 3 is 2.26 bits per heavy atom. The maximum atomic E-state index is 5.13. The van der Waals surface area contributed by atoms with Crippen LogP contribution in [-0.4, -0.2) is 26.1 Å². The van der Waals surface area contributed by atoms with E-state index in [1.807, 2.05) is 0 Å². The SMILES string of the molecule is COCc1ccc(-c2cccc(CN(C)C)c2)cc1. The molecule has 2 aromatic carbocycles. The molecule has 0 fully saturated rings. The van der Waals surface area contributed by atoms with Gasteiger partial charge in [0.05, 0.1) is 6.61 Å². The molecule has 0 atom stereocenters. The van der Waals surface area contributed by atoms with E-state index in [0.29, 0.717) is 6.61 Å². The lowest BCUT2D eigenvalue weighted by atomic mass is 10.0. The first-order chi connectivity index (χ1) is 9.19. The predicted molar refractivity (Wildman–Crippen MR) is 80.0 cm³/mol. The molecule has 2 nitrogen and oxygen atoms in total. The summed E-state index contributed by atoms with van der Waals surface area (Å²) in [6.07, 6.45) is 0. The van der Waals surface area contributed by atoms with E-state index in [-0.39, 0.29) is 0 Å². The summed E-state index contributed by atoms with van der Waals surface area (Å²) in [6.45, 7) is 1.64. The molecule has 0 radical (unpaired) electrons. The van der Waals surface area contributed by atoms with Gasteiger partial charge in [0, 0.05) is 13.7 Å². The van der Waals surface area contributed by atoms with Crippen LogP contribution in [-0.2, 0) is 17.9 Å². The maximum absolute atomic E-state index is 5.13. The van der Waals surface area contributed by atoms with E-state index < -0.39 is 0 Å². The first-order valence-electron chi connectivity index (χ1n) is 6.51. The summed E-state index contributed by atoms with van der Waals surface area (Å²) < 4.78 is 5.13. The van der Waals surface area contributed by atoms with Crippen LogP contribution in [0.3, 0.4) is 0 Å². The van der Waals surface area contributed by atoms with Crippen LogP contribution >= 0.6 is 0 Å². The Hall–Kier alpha value is -1.64. The first kappa shape index (κ1) is 13.8. The van der Waals surface area contributed by atoms with E-state index in [1.165, 1.54) is 22.3 Å². The molecule has 19 heavy (non-hydrogen) atoms. The Morgan fingerprint density at radius 1 is 0.895 bits per heavy atom. The Kier molecular flexibility index (Phi) is 4.72. The monoisotopic (exact) mass is 255 g/mol. The van der Waals surface area contributed by atoms with E-state index in [1.54, 1.807) is 7.11 Å². The summed E-state index contributed by atoms with van der Waals surface area (Å²) in [6, 6.07) is 17.3. The molecular weight excluding hydrogens is 234 g/mol. The van der Waals surface area contributed by atoms with Crippen molar-refractivity contribution in [3.05, 3.63) is 59.7 Å².